The Morgan fingerprint density at radius 2 is 1.76 bits per heavy atom. The van der Waals surface area contributed by atoms with Crippen LogP contribution in [0.1, 0.15) is 31.9 Å². The van der Waals surface area contributed by atoms with Gasteiger partial charge in [0.15, 0.2) is 0 Å². The lowest BCUT2D eigenvalue weighted by Crippen LogP contribution is -2.41. The van der Waals surface area contributed by atoms with Crippen LogP contribution >= 0.6 is 0 Å². The van der Waals surface area contributed by atoms with Crippen molar-refractivity contribution in [2.45, 2.75) is 45.8 Å². The Morgan fingerprint density at radius 3 is 2.24 bits per heavy atom. The van der Waals surface area contributed by atoms with Crippen LogP contribution in [0, 0.1) is 5.41 Å². The van der Waals surface area contributed by atoms with Crippen LogP contribution in [0.3, 0.4) is 0 Å². The molecule has 2 N–H and O–H groups in total. The van der Waals surface area contributed by atoms with Crippen molar-refractivity contribution in [1.82, 2.24) is 5.32 Å². The summed E-state index contributed by atoms with van der Waals surface area (Å²) >= 11 is 0. The van der Waals surface area contributed by atoms with E-state index in [1.54, 1.807) is 0 Å². The summed E-state index contributed by atoms with van der Waals surface area (Å²) in [5.74, 6) is 0. The van der Waals surface area contributed by atoms with Gasteiger partial charge in [0, 0.05) is 12.6 Å². The summed E-state index contributed by atoms with van der Waals surface area (Å²) in [7, 11) is 0. The maximum atomic E-state index is 10.0. The number of aliphatic hydroxyl groups excluding tert-OH is 1. The summed E-state index contributed by atoms with van der Waals surface area (Å²) < 4.78 is 0. The minimum atomic E-state index is -0.286. The van der Waals surface area contributed by atoms with Gasteiger partial charge in [0.2, 0.25) is 0 Å². The maximum Gasteiger partial charge on any atom is 0.0712 e. The Bertz CT molecular complexity index is 356. The average Bonchev–Trinajstić information content (AvgIpc) is 2.66. The first-order chi connectivity index (χ1) is 7.97. The van der Waals surface area contributed by atoms with Gasteiger partial charge in [0.05, 0.1) is 6.10 Å². The van der Waals surface area contributed by atoms with E-state index < -0.39 is 0 Å². The van der Waals surface area contributed by atoms with E-state index in [4.69, 9.17) is 0 Å². The number of nitrogens with one attached hydrogen (secondary N) is 1. The molecule has 1 aromatic carbocycles. The van der Waals surface area contributed by atoms with Crippen LogP contribution in [0.15, 0.2) is 24.3 Å². The first kappa shape index (κ1) is 12.6. The monoisotopic (exact) mass is 233 g/mol. The van der Waals surface area contributed by atoms with E-state index in [2.05, 4.69) is 50.4 Å². The quantitative estimate of drug-likeness (QED) is 0.838. The maximum absolute atomic E-state index is 10.0. The molecule has 0 radical (unpaired) electrons. The fourth-order valence-electron chi connectivity index (χ4n) is 2.29. The molecule has 1 aliphatic rings. The van der Waals surface area contributed by atoms with Crippen molar-refractivity contribution in [1.29, 1.82) is 0 Å². The molecule has 0 bridgehead atoms. The van der Waals surface area contributed by atoms with Gasteiger partial charge in [-0.1, -0.05) is 45.0 Å². The average molecular weight is 233 g/mol. The molecule has 17 heavy (non-hydrogen) atoms. The molecule has 0 heterocycles. The van der Waals surface area contributed by atoms with E-state index in [1.165, 1.54) is 11.1 Å². The lowest BCUT2D eigenvalue weighted by Gasteiger charge is -2.27. The predicted octanol–water partition coefficient (Wildman–Crippen LogP) is 2.15. The number of aliphatic hydroxyl groups is 1. The summed E-state index contributed by atoms with van der Waals surface area (Å²) in [4.78, 5) is 0. The highest BCUT2D eigenvalue weighted by atomic mass is 16.3. The van der Waals surface area contributed by atoms with E-state index in [1.807, 2.05) is 0 Å². The zero-order valence-corrected chi connectivity index (χ0v) is 11.0. The van der Waals surface area contributed by atoms with Gasteiger partial charge in [-0.25, -0.2) is 0 Å². The minimum absolute atomic E-state index is 0.0432. The van der Waals surface area contributed by atoms with Gasteiger partial charge in [0.1, 0.15) is 0 Å². The van der Waals surface area contributed by atoms with Crippen molar-refractivity contribution in [3.8, 4) is 0 Å². The minimum Gasteiger partial charge on any atom is -0.391 e. The third kappa shape index (κ3) is 3.08. The van der Waals surface area contributed by atoms with E-state index in [-0.39, 0.29) is 11.5 Å². The SMILES string of the molecule is CC(C)(C)C(O)CNC1Cc2ccccc2C1. The summed E-state index contributed by atoms with van der Waals surface area (Å²) in [5, 5.41) is 13.5. The summed E-state index contributed by atoms with van der Waals surface area (Å²) in [6, 6.07) is 9.11. The second kappa shape index (κ2) is 4.79. The lowest BCUT2D eigenvalue weighted by molar-refractivity contribution is 0.0607. The molecule has 2 rings (SSSR count). The Morgan fingerprint density at radius 1 is 1.24 bits per heavy atom. The molecular weight excluding hydrogens is 210 g/mol. The van der Waals surface area contributed by atoms with Gasteiger partial charge in [-0.3, -0.25) is 0 Å². The fourth-order valence-corrected chi connectivity index (χ4v) is 2.29. The molecule has 1 aromatic rings. The Hall–Kier alpha value is -0.860. The molecule has 0 saturated carbocycles. The van der Waals surface area contributed by atoms with Crippen molar-refractivity contribution < 1.29 is 5.11 Å². The fraction of sp³-hybridized carbons (Fsp3) is 0.600. The highest BCUT2D eigenvalue weighted by molar-refractivity contribution is 5.33. The first-order valence-corrected chi connectivity index (χ1v) is 6.45. The van der Waals surface area contributed by atoms with Crippen molar-refractivity contribution in [3.05, 3.63) is 35.4 Å². The molecule has 1 atom stereocenters. The molecular formula is C15H23NO. The van der Waals surface area contributed by atoms with E-state index in [0.717, 1.165) is 12.8 Å². The van der Waals surface area contributed by atoms with Crippen LogP contribution < -0.4 is 5.32 Å². The number of rotatable bonds is 3. The molecule has 2 nitrogen and oxygen atoms in total. The van der Waals surface area contributed by atoms with Gasteiger partial charge in [0.25, 0.3) is 0 Å². The summed E-state index contributed by atoms with van der Waals surface area (Å²) in [6.45, 7) is 6.90. The third-order valence-electron chi connectivity index (χ3n) is 3.65. The smallest absolute Gasteiger partial charge is 0.0712 e. The molecule has 0 aromatic heterocycles. The number of hydrogen-bond acceptors (Lipinski definition) is 2. The van der Waals surface area contributed by atoms with Gasteiger partial charge >= 0.3 is 0 Å². The molecule has 0 aliphatic heterocycles. The highest BCUT2D eigenvalue weighted by Gasteiger charge is 2.25. The number of benzene rings is 1. The van der Waals surface area contributed by atoms with Gasteiger partial charge in [-0.05, 0) is 29.4 Å². The first-order valence-electron chi connectivity index (χ1n) is 6.45. The van der Waals surface area contributed by atoms with E-state index in [9.17, 15) is 5.11 Å². The molecule has 0 spiro atoms. The van der Waals surface area contributed by atoms with Crippen LogP contribution in [0.4, 0.5) is 0 Å². The molecule has 94 valence electrons. The third-order valence-corrected chi connectivity index (χ3v) is 3.65. The van der Waals surface area contributed by atoms with Gasteiger partial charge in [-0.15, -0.1) is 0 Å². The predicted molar refractivity (Wildman–Crippen MR) is 71.1 cm³/mol. The normalized spacial score (nSPS) is 18.1. The second-order valence-electron chi connectivity index (χ2n) is 6.16. The van der Waals surface area contributed by atoms with Crippen LogP contribution in [0.5, 0.6) is 0 Å². The summed E-state index contributed by atoms with van der Waals surface area (Å²) in [5.41, 5.74) is 2.86. The zero-order valence-electron chi connectivity index (χ0n) is 11.0. The number of fused-ring (bicyclic) bond motifs is 1. The largest absolute Gasteiger partial charge is 0.391 e. The van der Waals surface area contributed by atoms with Crippen molar-refractivity contribution >= 4 is 0 Å². The Balaban J connectivity index is 1.85. The van der Waals surface area contributed by atoms with Gasteiger partial charge in [-0.2, -0.15) is 0 Å². The molecule has 0 fully saturated rings. The molecule has 0 saturated heterocycles. The topological polar surface area (TPSA) is 32.3 Å². The molecule has 1 unspecified atom stereocenters. The van der Waals surface area contributed by atoms with Gasteiger partial charge < -0.3 is 10.4 Å². The van der Waals surface area contributed by atoms with Crippen LogP contribution in [0.25, 0.3) is 0 Å². The Labute approximate surface area is 104 Å². The number of hydrogen-bond donors (Lipinski definition) is 2. The van der Waals surface area contributed by atoms with Crippen molar-refractivity contribution in [2.24, 2.45) is 5.41 Å². The molecule has 2 heteroatoms. The van der Waals surface area contributed by atoms with Crippen molar-refractivity contribution in [2.75, 3.05) is 6.54 Å². The zero-order chi connectivity index (χ0) is 12.5. The van der Waals surface area contributed by atoms with Crippen LogP contribution in [0.2, 0.25) is 0 Å². The molecule has 1 aliphatic carbocycles. The summed E-state index contributed by atoms with van der Waals surface area (Å²) in [6.07, 6.45) is 1.89. The van der Waals surface area contributed by atoms with Crippen LogP contribution in [-0.4, -0.2) is 23.8 Å². The standard InChI is InChI=1S/C15H23NO/c1-15(2,3)14(17)10-16-13-8-11-6-4-5-7-12(11)9-13/h4-7,13-14,16-17H,8-10H2,1-3H3. The Kier molecular flexibility index (Phi) is 3.55. The van der Waals surface area contributed by atoms with Crippen molar-refractivity contribution in [3.63, 3.8) is 0 Å². The van der Waals surface area contributed by atoms with E-state index in [0.29, 0.717) is 12.6 Å². The van der Waals surface area contributed by atoms with E-state index >= 15 is 0 Å². The van der Waals surface area contributed by atoms with Crippen LogP contribution in [-0.2, 0) is 12.8 Å². The lowest BCUT2D eigenvalue weighted by atomic mass is 9.89. The highest BCUT2D eigenvalue weighted by Crippen LogP contribution is 2.23. The second-order valence-corrected chi connectivity index (χ2v) is 6.16. The molecule has 0 amide bonds.